The maximum atomic E-state index is 11.7. The number of benzene rings is 1. The van der Waals surface area contributed by atoms with Crippen LogP contribution in [-0.4, -0.2) is 39.8 Å². The lowest BCUT2D eigenvalue weighted by atomic mass is 9.92. The first-order chi connectivity index (χ1) is 11.1. The predicted molar refractivity (Wildman–Crippen MR) is 78.1 cm³/mol. The minimum absolute atomic E-state index is 0.0799. The summed E-state index contributed by atoms with van der Waals surface area (Å²) in [5.41, 5.74) is 0.875. The SMILES string of the molecule is COC(=O)C1=NOC(c2cc(OC)c3c(c2OC)OCO3)C1C. The fourth-order valence-electron chi connectivity index (χ4n) is 2.69. The molecule has 3 rings (SSSR count). The van der Waals surface area contributed by atoms with Gasteiger partial charge < -0.3 is 28.5 Å². The molecule has 8 nitrogen and oxygen atoms in total. The van der Waals surface area contributed by atoms with Crippen molar-refractivity contribution in [2.24, 2.45) is 11.1 Å². The van der Waals surface area contributed by atoms with Crippen LogP contribution in [0.5, 0.6) is 23.0 Å². The lowest BCUT2D eigenvalue weighted by Gasteiger charge is -2.19. The molecule has 0 saturated heterocycles. The molecule has 124 valence electrons. The topological polar surface area (TPSA) is 84.8 Å². The predicted octanol–water partition coefficient (Wildman–Crippen LogP) is 1.67. The average Bonchev–Trinajstić information content (AvgIpc) is 3.19. The fraction of sp³-hybridized carbons (Fsp3) is 0.467. The van der Waals surface area contributed by atoms with Crippen LogP contribution >= 0.6 is 0 Å². The molecule has 0 aliphatic carbocycles. The number of fused-ring (bicyclic) bond motifs is 1. The van der Waals surface area contributed by atoms with Crippen LogP contribution in [0.25, 0.3) is 0 Å². The molecule has 2 unspecified atom stereocenters. The summed E-state index contributed by atoms with van der Waals surface area (Å²) in [5, 5.41) is 3.84. The number of rotatable bonds is 4. The highest BCUT2D eigenvalue weighted by Crippen LogP contribution is 2.53. The minimum Gasteiger partial charge on any atom is -0.493 e. The zero-order valence-electron chi connectivity index (χ0n) is 13.2. The van der Waals surface area contributed by atoms with E-state index >= 15 is 0 Å². The van der Waals surface area contributed by atoms with E-state index in [0.717, 1.165) is 0 Å². The third-order valence-electron chi connectivity index (χ3n) is 3.87. The largest absolute Gasteiger partial charge is 0.493 e. The van der Waals surface area contributed by atoms with Gasteiger partial charge in [0.1, 0.15) is 0 Å². The first-order valence-corrected chi connectivity index (χ1v) is 6.98. The zero-order valence-corrected chi connectivity index (χ0v) is 13.2. The number of carbonyl (C=O) groups is 1. The van der Waals surface area contributed by atoms with E-state index in [2.05, 4.69) is 5.16 Å². The maximum Gasteiger partial charge on any atom is 0.356 e. The van der Waals surface area contributed by atoms with Crippen molar-refractivity contribution < 1.29 is 33.3 Å². The average molecular weight is 323 g/mol. The lowest BCUT2D eigenvalue weighted by Crippen LogP contribution is -2.23. The second kappa shape index (κ2) is 5.86. The Labute approximate surface area is 132 Å². The molecule has 0 spiro atoms. The van der Waals surface area contributed by atoms with E-state index in [1.165, 1.54) is 21.3 Å². The van der Waals surface area contributed by atoms with Gasteiger partial charge in [-0.25, -0.2) is 4.79 Å². The van der Waals surface area contributed by atoms with E-state index < -0.39 is 12.1 Å². The standard InChI is InChI=1S/C15H17NO7/c1-7-10(15(17)20-4)16-23-11(7)8-5-9(18-2)13-14(12(8)19-3)22-6-21-13/h5,7,11H,6H2,1-4H3. The van der Waals surface area contributed by atoms with Gasteiger partial charge in [-0.2, -0.15) is 0 Å². The summed E-state index contributed by atoms with van der Waals surface area (Å²) in [6.07, 6.45) is -0.526. The van der Waals surface area contributed by atoms with Crippen molar-refractivity contribution in [1.29, 1.82) is 0 Å². The summed E-state index contributed by atoms with van der Waals surface area (Å²) in [6, 6.07) is 1.74. The van der Waals surface area contributed by atoms with Gasteiger partial charge in [0.15, 0.2) is 23.3 Å². The Hall–Kier alpha value is -2.64. The first-order valence-electron chi connectivity index (χ1n) is 6.98. The van der Waals surface area contributed by atoms with Crippen LogP contribution in [0.3, 0.4) is 0 Å². The third-order valence-corrected chi connectivity index (χ3v) is 3.87. The van der Waals surface area contributed by atoms with Gasteiger partial charge in [-0.1, -0.05) is 12.1 Å². The molecule has 0 aromatic heterocycles. The molecule has 0 saturated carbocycles. The van der Waals surface area contributed by atoms with E-state index in [-0.39, 0.29) is 18.4 Å². The van der Waals surface area contributed by atoms with Crippen molar-refractivity contribution in [3.63, 3.8) is 0 Å². The summed E-state index contributed by atoms with van der Waals surface area (Å²) in [7, 11) is 4.35. The summed E-state index contributed by atoms with van der Waals surface area (Å²) in [5.74, 6) is 1.05. The first kappa shape index (κ1) is 15.3. The van der Waals surface area contributed by atoms with E-state index in [0.29, 0.717) is 28.6 Å². The highest BCUT2D eigenvalue weighted by atomic mass is 16.7. The Morgan fingerprint density at radius 1 is 1.22 bits per heavy atom. The lowest BCUT2D eigenvalue weighted by molar-refractivity contribution is -0.133. The highest BCUT2D eigenvalue weighted by molar-refractivity contribution is 6.37. The third kappa shape index (κ3) is 2.30. The minimum atomic E-state index is -0.526. The van der Waals surface area contributed by atoms with Crippen LogP contribution in [-0.2, 0) is 14.4 Å². The second-order valence-corrected chi connectivity index (χ2v) is 5.05. The molecule has 2 atom stereocenters. The van der Waals surface area contributed by atoms with Crippen LogP contribution < -0.4 is 18.9 Å². The summed E-state index contributed by atoms with van der Waals surface area (Å²) < 4.78 is 26.4. The highest BCUT2D eigenvalue weighted by Gasteiger charge is 2.40. The van der Waals surface area contributed by atoms with Crippen molar-refractivity contribution in [3.8, 4) is 23.0 Å². The van der Waals surface area contributed by atoms with Gasteiger partial charge in [0.05, 0.1) is 27.2 Å². The Morgan fingerprint density at radius 2 is 1.96 bits per heavy atom. The van der Waals surface area contributed by atoms with Gasteiger partial charge in [-0.15, -0.1) is 0 Å². The molecule has 23 heavy (non-hydrogen) atoms. The Balaban J connectivity index is 2.03. The molecule has 1 aromatic rings. The second-order valence-electron chi connectivity index (χ2n) is 5.05. The summed E-state index contributed by atoms with van der Waals surface area (Å²) in [6.45, 7) is 1.90. The Kier molecular flexibility index (Phi) is 3.89. The molecule has 0 amide bonds. The molecular formula is C15H17NO7. The molecule has 2 aliphatic rings. The Bertz CT molecular complexity index is 670. The van der Waals surface area contributed by atoms with Crippen molar-refractivity contribution in [1.82, 2.24) is 0 Å². The van der Waals surface area contributed by atoms with Gasteiger partial charge in [0.25, 0.3) is 0 Å². The van der Waals surface area contributed by atoms with Gasteiger partial charge in [-0.3, -0.25) is 0 Å². The zero-order chi connectivity index (χ0) is 16.6. The van der Waals surface area contributed by atoms with Crippen molar-refractivity contribution in [3.05, 3.63) is 11.6 Å². The Morgan fingerprint density at radius 3 is 2.61 bits per heavy atom. The van der Waals surface area contributed by atoms with E-state index in [1.54, 1.807) is 6.07 Å². The molecule has 8 heteroatoms. The van der Waals surface area contributed by atoms with Gasteiger partial charge in [0, 0.05) is 5.56 Å². The number of methoxy groups -OCH3 is 3. The number of hydrogen-bond acceptors (Lipinski definition) is 8. The van der Waals surface area contributed by atoms with Gasteiger partial charge in [-0.05, 0) is 6.07 Å². The fourth-order valence-corrected chi connectivity index (χ4v) is 2.69. The van der Waals surface area contributed by atoms with Crippen molar-refractivity contribution in [2.45, 2.75) is 13.0 Å². The normalized spacial score (nSPS) is 21.5. The van der Waals surface area contributed by atoms with Gasteiger partial charge >= 0.3 is 5.97 Å². The smallest absolute Gasteiger partial charge is 0.356 e. The molecule has 0 fully saturated rings. The van der Waals surface area contributed by atoms with Crippen molar-refractivity contribution >= 4 is 11.7 Å². The molecular weight excluding hydrogens is 306 g/mol. The number of ether oxygens (including phenoxy) is 5. The van der Waals surface area contributed by atoms with Crippen LogP contribution in [0.15, 0.2) is 11.2 Å². The number of nitrogens with zero attached hydrogens (tertiary/aromatic N) is 1. The van der Waals surface area contributed by atoms with Crippen LogP contribution in [0.1, 0.15) is 18.6 Å². The van der Waals surface area contributed by atoms with Gasteiger partial charge in [0.2, 0.25) is 18.3 Å². The number of oxime groups is 1. The monoisotopic (exact) mass is 323 g/mol. The molecule has 0 bridgehead atoms. The van der Waals surface area contributed by atoms with Crippen LogP contribution in [0.2, 0.25) is 0 Å². The molecule has 0 N–H and O–H groups in total. The van der Waals surface area contributed by atoms with E-state index in [4.69, 9.17) is 28.5 Å². The number of carbonyl (C=O) groups excluding carboxylic acids is 1. The van der Waals surface area contributed by atoms with E-state index in [9.17, 15) is 4.79 Å². The van der Waals surface area contributed by atoms with Crippen LogP contribution in [0, 0.1) is 5.92 Å². The molecule has 2 heterocycles. The number of hydrogen-bond donors (Lipinski definition) is 0. The van der Waals surface area contributed by atoms with Crippen LogP contribution in [0.4, 0.5) is 0 Å². The maximum absolute atomic E-state index is 11.7. The summed E-state index contributed by atoms with van der Waals surface area (Å²) >= 11 is 0. The van der Waals surface area contributed by atoms with Crippen molar-refractivity contribution in [2.75, 3.05) is 28.1 Å². The quantitative estimate of drug-likeness (QED) is 0.779. The molecule has 2 aliphatic heterocycles. The molecule has 0 radical (unpaired) electrons. The van der Waals surface area contributed by atoms with E-state index in [1.807, 2.05) is 6.92 Å². The molecule has 1 aromatic carbocycles. The summed E-state index contributed by atoms with van der Waals surface area (Å²) in [4.78, 5) is 17.2. The number of esters is 1.